The van der Waals surface area contributed by atoms with Crippen LogP contribution in [0.1, 0.15) is 50.6 Å². The minimum Gasteiger partial charge on any atom is -0.493 e. The van der Waals surface area contributed by atoms with Crippen LogP contribution in [0.15, 0.2) is 59.8 Å². The molecule has 1 aliphatic rings. The summed E-state index contributed by atoms with van der Waals surface area (Å²) in [4.78, 5) is 40.0. The molecule has 0 unspecified atom stereocenters. The van der Waals surface area contributed by atoms with Gasteiger partial charge in [-0.05, 0) is 60.6 Å². The van der Waals surface area contributed by atoms with E-state index in [2.05, 4.69) is 26.1 Å². The number of amides is 3. The molecule has 13 heteroatoms. The van der Waals surface area contributed by atoms with E-state index in [4.69, 9.17) is 9.47 Å². The lowest BCUT2D eigenvalue weighted by molar-refractivity contribution is -0.116. The van der Waals surface area contributed by atoms with Crippen molar-refractivity contribution in [2.75, 3.05) is 25.3 Å². The number of carbonyl (C=O) groups excluding carboxylic acids is 3. The number of methoxy groups -OCH3 is 2. The Balaban J connectivity index is 1.15. The molecule has 0 aliphatic heterocycles. The van der Waals surface area contributed by atoms with Crippen LogP contribution in [0, 0.1) is 0 Å². The highest BCUT2D eigenvalue weighted by molar-refractivity contribution is 7.99. The minimum absolute atomic E-state index is 0.0834. The largest absolute Gasteiger partial charge is 0.493 e. The Morgan fingerprint density at radius 2 is 1.76 bits per heavy atom. The molecule has 0 saturated heterocycles. The number of anilines is 1. The lowest BCUT2D eigenvalue weighted by atomic mass is 9.95. The number of fused-ring (bicyclic) bond motifs is 1. The first-order valence-corrected chi connectivity index (χ1v) is 16.6. The monoisotopic (exact) mass is 660 g/mol. The molecule has 240 valence electrons. The molecule has 1 aliphatic carbocycles. The molecular formula is C33H36N6O5S2. The van der Waals surface area contributed by atoms with Gasteiger partial charge >= 0.3 is 0 Å². The zero-order valence-corrected chi connectivity index (χ0v) is 27.6. The van der Waals surface area contributed by atoms with Crippen molar-refractivity contribution in [3.63, 3.8) is 0 Å². The van der Waals surface area contributed by atoms with E-state index in [0.717, 1.165) is 47.3 Å². The number of carbonyl (C=O) groups is 3. The second-order valence-electron chi connectivity index (χ2n) is 10.5. The summed E-state index contributed by atoms with van der Waals surface area (Å²) < 4.78 is 12.3. The summed E-state index contributed by atoms with van der Waals surface area (Å²) >= 11 is 2.72. The van der Waals surface area contributed by atoms with Crippen LogP contribution in [0.4, 0.5) is 5.00 Å². The van der Waals surface area contributed by atoms with Gasteiger partial charge in [0.05, 0.1) is 32.1 Å². The van der Waals surface area contributed by atoms with Crippen molar-refractivity contribution < 1.29 is 23.9 Å². The van der Waals surface area contributed by atoms with E-state index >= 15 is 0 Å². The number of nitrogens with one attached hydrogen (secondary N) is 3. The lowest BCUT2D eigenvalue weighted by Crippen LogP contribution is -2.25. The third-order valence-corrected chi connectivity index (χ3v) is 9.69. The summed E-state index contributed by atoms with van der Waals surface area (Å²) in [5.74, 6) is 1.09. The quantitative estimate of drug-likeness (QED) is 0.138. The van der Waals surface area contributed by atoms with Gasteiger partial charge in [0.2, 0.25) is 11.8 Å². The van der Waals surface area contributed by atoms with Crippen LogP contribution in [0.25, 0.3) is 6.08 Å². The molecule has 0 bridgehead atoms. The summed E-state index contributed by atoms with van der Waals surface area (Å²) in [7, 11) is 4.90. The molecule has 3 N–H and O–H groups in total. The fourth-order valence-corrected chi connectivity index (χ4v) is 7.06. The van der Waals surface area contributed by atoms with Gasteiger partial charge in [-0.1, -0.05) is 48.2 Å². The van der Waals surface area contributed by atoms with Crippen LogP contribution in [0.5, 0.6) is 11.5 Å². The Morgan fingerprint density at radius 3 is 2.54 bits per heavy atom. The summed E-state index contributed by atoms with van der Waals surface area (Å²) in [6.07, 6.45) is 6.94. The Hall–Kier alpha value is -4.62. The molecule has 2 aromatic heterocycles. The van der Waals surface area contributed by atoms with Gasteiger partial charge in [0.15, 0.2) is 22.5 Å². The van der Waals surface area contributed by atoms with Crippen LogP contribution in [-0.4, -0.2) is 52.5 Å². The van der Waals surface area contributed by atoms with Gasteiger partial charge in [-0.25, -0.2) is 0 Å². The molecule has 2 aromatic carbocycles. The highest BCUT2D eigenvalue weighted by atomic mass is 32.2. The lowest BCUT2D eigenvalue weighted by Gasteiger charge is -2.13. The van der Waals surface area contributed by atoms with Gasteiger partial charge in [-0.15, -0.1) is 21.5 Å². The standard InChI is InChI=1S/C33H36N6O5S2/c1-39-27(19-34-28(40)16-14-21-13-15-24(43-2)25(17-21)44-3)37-38-33(39)45-20-29(41)36-32-30(23-11-7-8-12-26(23)46-32)31(42)35-18-22-9-5-4-6-10-22/h4-6,9-10,13-17H,7-8,11-12,18-20H2,1-3H3,(H,34,40)(H,35,42)(H,36,41)/b16-14+. The Labute approximate surface area is 275 Å². The molecule has 0 spiro atoms. The molecule has 3 amide bonds. The number of nitrogens with zero attached hydrogens (tertiary/aromatic N) is 3. The van der Waals surface area contributed by atoms with Gasteiger partial charge in [0, 0.05) is 24.5 Å². The number of hydrogen-bond donors (Lipinski definition) is 3. The fourth-order valence-electron chi connectivity index (χ4n) is 5.03. The van der Waals surface area contributed by atoms with E-state index in [1.807, 2.05) is 36.4 Å². The third-order valence-electron chi connectivity index (χ3n) is 7.46. The number of thiophene rings is 1. The van der Waals surface area contributed by atoms with Crippen molar-refractivity contribution in [3.8, 4) is 11.5 Å². The van der Waals surface area contributed by atoms with Crippen molar-refractivity contribution in [2.24, 2.45) is 7.05 Å². The van der Waals surface area contributed by atoms with Crippen molar-refractivity contribution in [1.29, 1.82) is 0 Å². The summed E-state index contributed by atoms with van der Waals surface area (Å²) in [5.41, 5.74) is 3.41. The molecule has 46 heavy (non-hydrogen) atoms. The van der Waals surface area contributed by atoms with Gasteiger partial charge in [0.1, 0.15) is 5.00 Å². The van der Waals surface area contributed by atoms with Crippen molar-refractivity contribution in [3.05, 3.63) is 87.6 Å². The normalized spacial score (nSPS) is 12.4. The van der Waals surface area contributed by atoms with E-state index in [9.17, 15) is 14.4 Å². The van der Waals surface area contributed by atoms with E-state index in [-0.39, 0.29) is 30.0 Å². The molecule has 2 heterocycles. The SMILES string of the molecule is COc1ccc(/C=C/C(=O)NCc2nnc(SCC(=O)Nc3sc4c(c3C(=O)NCc3ccccc3)CCCC4)n2C)cc1OC. The second-order valence-corrected chi connectivity index (χ2v) is 12.6. The average molecular weight is 661 g/mol. The second kappa shape index (κ2) is 15.6. The fraction of sp³-hybridized carbons (Fsp3) is 0.303. The third kappa shape index (κ3) is 8.15. The van der Waals surface area contributed by atoms with Crippen LogP contribution < -0.4 is 25.4 Å². The summed E-state index contributed by atoms with van der Waals surface area (Å²) in [6, 6.07) is 15.1. The molecule has 5 rings (SSSR count). The molecule has 0 radical (unpaired) electrons. The van der Waals surface area contributed by atoms with E-state index < -0.39 is 0 Å². The number of rotatable bonds is 13. The first-order valence-electron chi connectivity index (χ1n) is 14.8. The maximum absolute atomic E-state index is 13.3. The number of thioether (sulfide) groups is 1. The predicted octanol–water partition coefficient (Wildman–Crippen LogP) is 4.76. The number of hydrogen-bond acceptors (Lipinski definition) is 9. The first kappa shape index (κ1) is 32.8. The van der Waals surface area contributed by atoms with E-state index in [1.54, 1.807) is 44.0 Å². The highest BCUT2D eigenvalue weighted by Gasteiger charge is 2.26. The number of aromatic nitrogens is 3. The Bertz CT molecular complexity index is 1730. The number of ether oxygens (including phenoxy) is 2. The molecule has 0 saturated carbocycles. The van der Waals surface area contributed by atoms with Crippen LogP contribution >= 0.6 is 23.1 Å². The van der Waals surface area contributed by atoms with Crippen molar-refractivity contribution in [1.82, 2.24) is 25.4 Å². The molecular weight excluding hydrogens is 625 g/mol. The van der Waals surface area contributed by atoms with Gasteiger partial charge in [0.25, 0.3) is 5.91 Å². The molecule has 0 fully saturated rings. The first-order chi connectivity index (χ1) is 22.4. The topological polar surface area (TPSA) is 136 Å². The van der Waals surface area contributed by atoms with Crippen molar-refractivity contribution >= 4 is 51.9 Å². The molecule has 4 aromatic rings. The highest BCUT2D eigenvalue weighted by Crippen LogP contribution is 2.38. The molecule has 0 atom stereocenters. The maximum atomic E-state index is 13.3. The average Bonchev–Trinajstić information content (AvgIpc) is 3.63. The minimum atomic E-state index is -0.298. The Kier molecular flexibility index (Phi) is 11.1. The van der Waals surface area contributed by atoms with Crippen LogP contribution in [0.3, 0.4) is 0 Å². The van der Waals surface area contributed by atoms with Gasteiger partial charge in [-0.2, -0.15) is 0 Å². The van der Waals surface area contributed by atoms with E-state index in [1.165, 1.54) is 29.2 Å². The summed E-state index contributed by atoms with van der Waals surface area (Å²) in [6.45, 7) is 0.574. The van der Waals surface area contributed by atoms with E-state index in [0.29, 0.717) is 39.6 Å². The zero-order chi connectivity index (χ0) is 32.5. The zero-order valence-electron chi connectivity index (χ0n) is 25.9. The van der Waals surface area contributed by atoms with Gasteiger partial charge in [-0.3, -0.25) is 14.4 Å². The Morgan fingerprint density at radius 1 is 0.978 bits per heavy atom. The van der Waals surface area contributed by atoms with Crippen molar-refractivity contribution in [2.45, 2.75) is 43.9 Å². The van der Waals surface area contributed by atoms with Crippen LogP contribution in [0.2, 0.25) is 0 Å². The molecule has 11 nitrogen and oxygen atoms in total. The number of benzene rings is 2. The predicted molar refractivity (Wildman–Crippen MR) is 179 cm³/mol. The van der Waals surface area contributed by atoms with Gasteiger partial charge < -0.3 is 30.0 Å². The van der Waals surface area contributed by atoms with Crippen LogP contribution in [-0.2, 0) is 42.6 Å². The smallest absolute Gasteiger partial charge is 0.254 e. The number of aryl methyl sites for hydroxylation is 1. The summed E-state index contributed by atoms with van der Waals surface area (Å²) in [5, 5.41) is 18.3. The maximum Gasteiger partial charge on any atom is 0.254 e.